The normalized spacial score (nSPS) is 15.2. The van der Waals surface area contributed by atoms with Crippen LogP contribution in [0.5, 0.6) is 23.0 Å². The van der Waals surface area contributed by atoms with Gasteiger partial charge in [0.15, 0.2) is 23.1 Å². The molecule has 0 spiro atoms. The summed E-state index contributed by atoms with van der Waals surface area (Å²) in [5, 5.41) is 9.00. The number of carbonyl (C=O) groups is 4. The van der Waals surface area contributed by atoms with E-state index in [1.165, 1.54) is 54.3 Å². The molecule has 0 saturated carbocycles. The minimum Gasteiger partial charge on any atom is -0.507 e. The molecule has 0 saturated heterocycles. The van der Waals surface area contributed by atoms with Gasteiger partial charge in [-0.05, 0) is 146 Å². The Morgan fingerprint density at radius 3 is 1.42 bits per heavy atom. The molecule has 0 aromatic heterocycles. The minimum atomic E-state index is -3.62. The van der Waals surface area contributed by atoms with Gasteiger partial charge in [0.05, 0.1) is 51.3 Å². The Morgan fingerprint density at radius 2 is 0.946 bits per heavy atom. The van der Waals surface area contributed by atoms with E-state index in [1.54, 1.807) is 42.1 Å². The highest BCUT2D eigenvalue weighted by Crippen LogP contribution is 2.39. The molecule has 7 aromatic carbocycles. The Hall–Kier alpha value is -7.07. The summed E-state index contributed by atoms with van der Waals surface area (Å²) in [6.07, 6.45) is 1.06. The molecule has 10 rings (SSSR count). The number of rotatable bonds is 5. The topological polar surface area (TPSA) is 150 Å². The van der Waals surface area contributed by atoms with Crippen molar-refractivity contribution in [2.45, 2.75) is 109 Å². The van der Waals surface area contributed by atoms with Crippen LogP contribution < -0.4 is 14.2 Å². The first kappa shape index (κ1) is 56.2. The van der Waals surface area contributed by atoms with Gasteiger partial charge in [0.1, 0.15) is 51.4 Å². The van der Waals surface area contributed by atoms with E-state index in [1.807, 2.05) is 108 Å². The zero-order valence-electron chi connectivity index (χ0n) is 41.9. The van der Waals surface area contributed by atoms with E-state index in [4.69, 9.17) is 19.3 Å². The fraction of sp³-hybridized carbons (Fsp3) is 0.220. The van der Waals surface area contributed by atoms with Gasteiger partial charge in [0.2, 0.25) is 9.84 Å². The molecule has 0 bridgehead atoms. The number of hydrogen-bond acceptors (Lipinski definition) is 12. The summed E-state index contributed by atoms with van der Waals surface area (Å²) >= 11 is 5.75. The fourth-order valence-electron chi connectivity index (χ4n) is 7.71. The molecule has 7 aromatic rings. The Balaban J connectivity index is 0.000000158. The number of thiol groups is 1. The predicted octanol–water partition coefficient (Wildman–Crippen LogP) is 14.1. The first-order chi connectivity index (χ1) is 34.8. The summed E-state index contributed by atoms with van der Waals surface area (Å²) in [5.41, 5.74) is 0.183. The van der Waals surface area contributed by atoms with E-state index in [9.17, 15) is 36.4 Å². The number of fused-ring (bicyclic) bond motifs is 3. The number of sulfone groups is 1. The molecular weight excluding hydrogens is 1000 g/mol. The number of hydrogen-bond donors (Lipinski definition) is 2. The van der Waals surface area contributed by atoms with Crippen molar-refractivity contribution < 1.29 is 55.7 Å². The lowest BCUT2D eigenvalue weighted by Crippen LogP contribution is -2.35. The highest BCUT2D eigenvalue weighted by Gasteiger charge is 2.35. The van der Waals surface area contributed by atoms with Crippen molar-refractivity contribution in [2.75, 3.05) is 0 Å². The van der Waals surface area contributed by atoms with Crippen LogP contribution in [0.2, 0.25) is 0 Å². The lowest BCUT2D eigenvalue weighted by molar-refractivity contribution is 0.0606. The number of ether oxygens (including phenoxy) is 3. The maximum atomic E-state index is 12.9. The van der Waals surface area contributed by atoms with Crippen LogP contribution in [-0.4, -0.2) is 53.5 Å². The van der Waals surface area contributed by atoms with Crippen LogP contribution in [0.1, 0.15) is 109 Å². The van der Waals surface area contributed by atoms with Crippen molar-refractivity contribution >= 4 is 57.4 Å². The van der Waals surface area contributed by atoms with Gasteiger partial charge in [0, 0.05) is 26.8 Å². The number of carbonyl (C=O) groups excluding carboxylic acids is 4. The second kappa shape index (κ2) is 23.9. The molecule has 384 valence electrons. The standard InChI is InChI=1S/C17H16O4S.C17H16O2S.C11H11FO2.C8H7FO2.C6H6S/c1-17(2)11-15(18)14-9-8-13(10-16(14)21-17)22(19,20)12-6-4-3-5-7-12;1-17(2)11-15(18)14-9-8-13(10-16(14)19-17)20-12-6-4-3-5-7-12;1-11(2)6-9(13)8-4-3-7(12)5-10(8)14-11;1-5(10)7-3-2-6(9)4-8(7)11;7-6-4-2-1-3-5-6/h3-10H,11H2,1-2H3;3-10H,11H2,1-2H3;3-5H,6H2,1-2H3;2-4,11H,1H3;1-5,7H. The van der Waals surface area contributed by atoms with E-state index in [0.29, 0.717) is 46.8 Å². The van der Waals surface area contributed by atoms with Crippen LogP contribution in [0.25, 0.3) is 0 Å². The summed E-state index contributed by atoms with van der Waals surface area (Å²) in [6, 6.07) is 45.7. The molecule has 3 heterocycles. The van der Waals surface area contributed by atoms with Gasteiger partial charge in [0.25, 0.3) is 0 Å². The van der Waals surface area contributed by atoms with Gasteiger partial charge in [-0.15, -0.1) is 12.6 Å². The van der Waals surface area contributed by atoms with Gasteiger partial charge in [-0.2, -0.15) is 0 Å². The van der Waals surface area contributed by atoms with Crippen molar-refractivity contribution in [3.63, 3.8) is 0 Å². The maximum absolute atomic E-state index is 12.9. The smallest absolute Gasteiger partial charge is 0.206 e. The average Bonchev–Trinajstić information content (AvgIpc) is 3.31. The molecular formula is C59H56F2O10S3. The molecule has 15 heteroatoms. The molecule has 74 heavy (non-hydrogen) atoms. The monoisotopic (exact) mass is 1060 g/mol. The van der Waals surface area contributed by atoms with Crippen LogP contribution in [-0.2, 0) is 9.84 Å². The molecule has 0 fully saturated rings. The van der Waals surface area contributed by atoms with E-state index in [2.05, 4.69) is 24.8 Å². The number of halogens is 2. The molecule has 3 aliphatic heterocycles. The fourth-order valence-corrected chi connectivity index (χ4v) is 10.1. The number of phenolic OH excluding ortho intramolecular Hbond substituents is 1. The molecule has 0 radical (unpaired) electrons. The number of benzene rings is 7. The third-order valence-corrected chi connectivity index (χ3v) is 14.2. The first-order valence-electron chi connectivity index (χ1n) is 23.3. The van der Waals surface area contributed by atoms with Crippen LogP contribution >= 0.6 is 24.4 Å². The van der Waals surface area contributed by atoms with Crippen molar-refractivity contribution in [1.82, 2.24) is 0 Å². The van der Waals surface area contributed by atoms with Crippen molar-refractivity contribution in [3.8, 4) is 23.0 Å². The second-order valence-corrected chi connectivity index (χ2v) is 22.7. The van der Waals surface area contributed by atoms with E-state index in [0.717, 1.165) is 21.9 Å². The van der Waals surface area contributed by atoms with Gasteiger partial charge in [-0.3, -0.25) is 19.2 Å². The Labute approximate surface area is 440 Å². The van der Waals surface area contributed by atoms with Gasteiger partial charge in [-0.1, -0.05) is 66.4 Å². The van der Waals surface area contributed by atoms with Gasteiger partial charge in [-0.25, -0.2) is 17.2 Å². The Morgan fingerprint density at radius 1 is 0.527 bits per heavy atom. The SMILES string of the molecule is CC(=O)c1ccc(F)cc1O.CC1(C)CC(=O)c2ccc(F)cc2O1.CC1(C)CC(=O)c2ccc(S(=O)(=O)c3ccccc3)cc2O1.CC1(C)CC(=O)c2ccc(Sc3ccccc3)cc2O1.Sc1ccccc1. The summed E-state index contributed by atoms with van der Waals surface area (Å²) in [7, 11) is -3.62. The quantitative estimate of drug-likeness (QED) is 0.125. The predicted molar refractivity (Wildman–Crippen MR) is 284 cm³/mol. The third-order valence-electron chi connectivity index (χ3n) is 11.1. The van der Waals surface area contributed by atoms with E-state index < -0.39 is 32.5 Å². The van der Waals surface area contributed by atoms with Crippen LogP contribution in [0, 0.1) is 11.6 Å². The number of ketones is 4. The second-order valence-electron chi connectivity index (χ2n) is 19.1. The summed E-state index contributed by atoms with van der Waals surface area (Å²) in [5.74, 6) is 0.0112. The Kier molecular flexibility index (Phi) is 18.1. The Bertz CT molecular complexity index is 3270. The highest BCUT2D eigenvalue weighted by atomic mass is 32.2. The minimum absolute atomic E-state index is 0.0104. The molecule has 0 amide bonds. The summed E-state index contributed by atoms with van der Waals surface area (Å²) in [4.78, 5) is 50.1. The molecule has 0 unspecified atom stereocenters. The lowest BCUT2D eigenvalue weighted by atomic mass is 9.93. The van der Waals surface area contributed by atoms with Crippen LogP contribution in [0.15, 0.2) is 188 Å². The van der Waals surface area contributed by atoms with Gasteiger partial charge >= 0.3 is 0 Å². The molecule has 1 N–H and O–H groups in total. The number of aromatic hydroxyl groups is 1. The summed E-state index contributed by atoms with van der Waals surface area (Å²) in [6.45, 7) is 12.5. The number of phenols is 1. The lowest BCUT2D eigenvalue weighted by Gasteiger charge is -2.31. The van der Waals surface area contributed by atoms with Crippen LogP contribution in [0.3, 0.4) is 0 Å². The zero-order chi connectivity index (χ0) is 54.0. The van der Waals surface area contributed by atoms with Gasteiger partial charge < -0.3 is 19.3 Å². The van der Waals surface area contributed by atoms with Crippen molar-refractivity contribution in [3.05, 3.63) is 198 Å². The largest absolute Gasteiger partial charge is 0.507 e. The summed E-state index contributed by atoms with van der Waals surface area (Å²) < 4.78 is 67.7. The van der Waals surface area contributed by atoms with Crippen molar-refractivity contribution in [2.24, 2.45) is 0 Å². The number of Topliss-reactive ketones (excluding diaryl/α,β-unsaturated/α-hetero) is 4. The molecule has 0 aliphatic carbocycles. The van der Waals surface area contributed by atoms with Crippen LogP contribution in [0.4, 0.5) is 8.78 Å². The molecule has 10 nitrogen and oxygen atoms in total. The van der Waals surface area contributed by atoms with Crippen molar-refractivity contribution in [1.29, 1.82) is 0 Å². The highest BCUT2D eigenvalue weighted by molar-refractivity contribution is 7.99. The van der Waals surface area contributed by atoms with E-state index >= 15 is 0 Å². The first-order valence-corrected chi connectivity index (χ1v) is 26.1. The molecule has 0 atom stereocenters. The third kappa shape index (κ3) is 15.5. The molecule has 3 aliphatic rings. The van der Waals surface area contributed by atoms with E-state index in [-0.39, 0.29) is 56.5 Å². The average molecular weight is 1060 g/mol. The zero-order valence-corrected chi connectivity index (χ0v) is 44.4. The maximum Gasteiger partial charge on any atom is 0.206 e.